The largest absolute Gasteiger partial charge is 0.325 e. The molecule has 0 saturated carbocycles. The molecule has 2 fully saturated rings. The van der Waals surface area contributed by atoms with Gasteiger partial charge in [-0.1, -0.05) is 30.3 Å². The van der Waals surface area contributed by atoms with Gasteiger partial charge >= 0.3 is 6.03 Å². The Hall–Kier alpha value is -2.70. The highest BCUT2D eigenvalue weighted by molar-refractivity contribution is 6.10. The third-order valence-corrected chi connectivity index (χ3v) is 3.63. The van der Waals surface area contributed by atoms with Gasteiger partial charge in [0.2, 0.25) is 11.8 Å². The summed E-state index contributed by atoms with van der Waals surface area (Å²) in [5.41, 5.74) is 0.658. The number of hydrogen-bond donors (Lipinski definition) is 2. The number of hydrogen-bond acceptors (Lipinski definition) is 4. The molecule has 2 aliphatic rings. The van der Waals surface area contributed by atoms with E-state index in [9.17, 15) is 19.2 Å². The first-order chi connectivity index (χ1) is 10.1. The molecule has 2 atom stereocenters. The highest BCUT2D eigenvalue weighted by atomic mass is 16.2. The average Bonchev–Trinajstić information content (AvgIpc) is 2.76. The molecule has 5 amide bonds. The molecule has 2 aliphatic heterocycles. The van der Waals surface area contributed by atoms with Crippen molar-refractivity contribution in [1.29, 1.82) is 0 Å². The molecule has 2 saturated heterocycles. The lowest BCUT2D eigenvalue weighted by Crippen LogP contribution is -2.54. The number of piperidine rings is 1. The number of nitrogens with one attached hydrogen (secondary N) is 2. The van der Waals surface area contributed by atoms with E-state index in [4.69, 9.17) is 0 Å². The summed E-state index contributed by atoms with van der Waals surface area (Å²) in [5.74, 6) is -1.47. The third kappa shape index (κ3) is 2.26. The number of benzene rings is 1. The molecule has 1 unspecified atom stereocenters. The molecule has 0 bridgehead atoms. The van der Waals surface area contributed by atoms with Crippen LogP contribution in [0.1, 0.15) is 24.4 Å². The van der Waals surface area contributed by atoms with Crippen LogP contribution in [0.2, 0.25) is 0 Å². The second-order valence-corrected chi connectivity index (χ2v) is 4.97. The monoisotopic (exact) mass is 287 g/mol. The van der Waals surface area contributed by atoms with Gasteiger partial charge in [0, 0.05) is 6.42 Å². The van der Waals surface area contributed by atoms with Crippen LogP contribution in [0.3, 0.4) is 0 Å². The molecule has 0 spiro atoms. The second kappa shape index (κ2) is 5.01. The summed E-state index contributed by atoms with van der Waals surface area (Å²) in [7, 11) is 0. The predicted molar refractivity (Wildman–Crippen MR) is 70.7 cm³/mol. The van der Waals surface area contributed by atoms with Crippen molar-refractivity contribution < 1.29 is 19.2 Å². The van der Waals surface area contributed by atoms with E-state index in [1.165, 1.54) is 0 Å². The summed E-state index contributed by atoms with van der Waals surface area (Å²) in [6, 6.07) is 6.49. The SMILES string of the molecule is O=C1CCC(N2C(=O)N[C@@H](c3ccccc3)C2=O)C(=O)N1. The molecule has 0 radical (unpaired) electrons. The maximum atomic E-state index is 12.4. The van der Waals surface area contributed by atoms with Gasteiger partial charge in [-0.15, -0.1) is 0 Å². The minimum Gasteiger partial charge on any atom is -0.322 e. The van der Waals surface area contributed by atoms with Crippen LogP contribution in [0.4, 0.5) is 4.79 Å². The summed E-state index contributed by atoms with van der Waals surface area (Å²) in [4.78, 5) is 48.3. The summed E-state index contributed by atoms with van der Waals surface area (Å²) >= 11 is 0. The van der Waals surface area contributed by atoms with Crippen LogP contribution in [-0.2, 0) is 14.4 Å². The molecule has 2 N–H and O–H groups in total. The van der Waals surface area contributed by atoms with Crippen molar-refractivity contribution >= 4 is 23.8 Å². The van der Waals surface area contributed by atoms with Crippen molar-refractivity contribution in [2.75, 3.05) is 0 Å². The number of carbonyl (C=O) groups is 4. The zero-order valence-electron chi connectivity index (χ0n) is 11.0. The van der Waals surface area contributed by atoms with Crippen molar-refractivity contribution in [3.8, 4) is 0 Å². The van der Waals surface area contributed by atoms with Crippen LogP contribution in [-0.4, -0.2) is 34.7 Å². The van der Waals surface area contributed by atoms with E-state index in [1.54, 1.807) is 24.3 Å². The first-order valence-corrected chi connectivity index (χ1v) is 6.60. The van der Waals surface area contributed by atoms with E-state index >= 15 is 0 Å². The molecular formula is C14H13N3O4. The molecule has 108 valence electrons. The van der Waals surface area contributed by atoms with Gasteiger partial charge in [0.05, 0.1) is 0 Å². The second-order valence-electron chi connectivity index (χ2n) is 4.97. The number of amides is 5. The fraction of sp³-hybridized carbons (Fsp3) is 0.286. The minimum atomic E-state index is -0.927. The Balaban J connectivity index is 1.84. The van der Waals surface area contributed by atoms with Gasteiger partial charge in [0.25, 0.3) is 5.91 Å². The molecule has 7 nitrogen and oxygen atoms in total. The fourth-order valence-corrected chi connectivity index (χ4v) is 2.59. The maximum Gasteiger partial charge on any atom is 0.325 e. The van der Waals surface area contributed by atoms with Crippen LogP contribution >= 0.6 is 0 Å². The molecule has 2 heterocycles. The standard InChI is InChI=1S/C14H13N3O4/c18-10-7-6-9(12(19)15-10)17-13(20)11(16-14(17)21)8-4-2-1-3-5-8/h1-5,9,11H,6-7H2,(H,16,21)(H,15,18,19)/t9?,11-/m0/s1. The van der Waals surface area contributed by atoms with Crippen molar-refractivity contribution in [2.24, 2.45) is 0 Å². The molecule has 1 aromatic carbocycles. The van der Waals surface area contributed by atoms with Crippen molar-refractivity contribution in [3.05, 3.63) is 35.9 Å². The van der Waals surface area contributed by atoms with Crippen molar-refractivity contribution in [2.45, 2.75) is 24.9 Å². The van der Waals surface area contributed by atoms with Crippen molar-refractivity contribution in [1.82, 2.24) is 15.5 Å². The summed E-state index contributed by atoms with van der Waals surface area (Å²) in [5, 5.41) is 4.72. The smallest absolute Gasteiger partial charge is 0.322 e. The van der Waals surface area contributed by atoms with Crippen LogP contribution in [0.5, 0.6) is 0 Å². The minimum absolute atomic E-state index is 0.115. The Morgan fingerprint density at radius 1 is 1.05 bits per heavy atom. The highest BCUT2D eigenvalue weighted by Gasteiger charge is 2.46. The Kier molecular flexibility index (Phi) is 3.17. The quantitative estimate of drug-likeness (QED) is 0.595. The zero-order valence-corrected chi connectivity index (χ0v) is 11.0. The lowest BCUT2D eigenvalue weighted by molar-refractivity contribution is -0.142. The van der Waals surface area contributed by atoms with Crippen LogP contribution in [0.25, 0.3) is 0 Å². The van der Waals surface area contributed by atoms with Gasteiger partial charge in [0.15, 0.2) is 0 Å². The molecule has 0 aliphatic carbocycles. The Morgan fingerprint density at radius 2 is 1.76 bits per heavy atom. The van der Waals surface area contributed by atoms with Gasteiger partial charge in [-0.25, -0.2) is 9.69 Å². The van der Waals surface area contributed by atoms with Crippen LogP contribution in [0.15, 0.2) is 30.3 Å². The highest BCUT2D eigenvalue weighted by Crippen LogP contribution is 2.25. The predicted octanol–water partition coefficient (Wildman–Crippen LogP) is 0.0847. The molecule has 7 heteroatoms. The van der Waals surface area contributed by atoms with E-state index in [0.29, 0.717) is 5.56 Å². The lowest BCUT2D eigenvalue weighted by atomic mass is 10.0. The first-order valence-electron chi connectivity index (χ1n) is 6.60. The molecule has 21 heavy (non-hydrogen) atoms. The van der Waals surface area contributed by atoms with Gasteiger partial charge in [-0.3, -0.25) is 19.7 Å². The van der Waals surface area contributed by atoms with Crippen LogP contribution < -0.4 is 10.6 Å². The van der Waals surface area contributed by atoms with Gasteiger partial charge in [-0.05, 0) is 12.0 Å². The van der Waals surface area contributed by atoms with E-state index in [1.807, 2.05) is 6.07 Å². The molecule has 3 rings (SSSR count). The number of urea groups is 1. The Labute approximate surface area is 120 Å². The summed E-state index contributed by atoms with van der Waals surface area (Å²) in [6.07, 6.45) is 0.273. The number of carbonyl (C=O) groups excluding carboxylic acids is 4. The Bertz CT molecular complexity index is 628. The van der Waals surface area contributed by atoms with Gasteiger partial charge < -0.3 is 5.32 Å². The molecule has 1 aromatic rings. The lowest BCUT2D eigenvalue weighted by Gasteiger charge is -2.27. The average molecular weight is 287 g/mol. The maximum absolute atomic E-state index is 12.4. The van der Waals surface area contributed by atoms with E-state index < -0.39 is 29.9 Å². The van der Waals surface area contributed by atoms with Crippen molar-refractivity contribution in [3.63, 3.8) is 0 Å². The zero-order chi connectivity index (χ0) is 15.0. The van der Waals surface area contributed by atoms with Gasteiger partial charge in [-0.2, -0.15) is 0 Å². The van der Waals surface area contributed by atoms with Crippen LogP contribution in [0, 0.1) is 0 Å². The molecule has 0 aromatic heterocycles. The topological polar surface area (TPSA) is 95.6 Å². The summed E-state index contributed by atoms with van der Waals surface area (Å²) < 4.78 is 0. The number of rotatable bonds is 2. The van der Waals surface area contributed by atoms with E-state index in [-0.39, 0.29) is 18.7 Å². The third-order valence-electron chi connectivity index (χ3n) is 3.63. The van der Waals surface area contributed by atoms with Gasteiger partial charge in [0.1, 0.15) is 12.1 Å². The molecular weight excluding hydrogens is 274 g/mol. The fourth-order valence-electron chi connectivity index (χ4n) is 2.59. The normalized spacial score (nSPS) is 25.8. The van der Waals surface area contributed by atoms with E-state index in [0.717, 1.165) is 4.90 Å². The first kappa shape index (κ1) is 13.3. The van der Waals surface area contributed by atoms with E-state index in [2.05, 4.69) is 10.6 Å². The summed E-state index contributed by atoms with van der Waals surface area (Å²) in [6.45, 7) is 0. The number of nitrogens with zero attached hydrogens (tertiary/aromatic N) is 1. The Morgan fingerprint density at radius 3 is 2.43 bits per heavy atom. The number of imide groups is 2.